The summed E-state index contributed by atoms with van der Waals surface area (Å²) >= 11 is 1.56. The lowest BCUT2D eigenvalue weighted by atomic mass is 9.94. The number of rotatable bonds is 3. The standard InChI is InChI=1S/C24H24F2N4O3S/c1-3-14-10-17-20-21(19(14)16-5-4-15(25)11-18(16)26)34-9-8-30(20)23(31)27-22(17)29-7-6-28(24(32)33)12-13(29)2/h4-5,10-11,13H,3,6-9,12H2,1-2H3,(H,32,33)/t13-/m0/s1. The zero-order chi connectivity index (χ0) is 24.1. The molecular formula is C24H24F2N4O3S. The van der Waals surface area contributed by atoms with Crippen LogP contribution in [0.4, 0.5) is 19.4 Å². The molecule has 1 amide bonds. The fraction of sp³-hybridized carbons (Fsp3) is 0.375. The Kier molecular flexibility index (Phi) is 5.71. The first-order valence-electron chi connectivity index (χ1n) is 11.2. The maximum Gasteiger partial charge on any atom is 0.407 e. The van der Waals surface area contributed by atoms with E-state index in [0.29, 0.717) is 60.8 Å². The molecule has 34 heavy (non-hydrogen) atoms. The van der Waals surface area contributed by atoms with Crippen molar-refractivity contribution in [2.75, 3.05) is 30.3 Å². The summed E-state index contributed by atoms with van der Waals surface area (Å²) in [6.07, 6.45) is -0.358. The number of piperazine rings is 1. The minimum Gasteiger partial charge on any atom is -0.465 e. The molecule has 2 aliphatic rings. The topological polar surface area (TPSA) is 78.7 Å². The molecule has 0 saturated carbocycles. The van der Waals surface area contributed by atoms with Crippen molar-refractivity contribution >= 4 is 34.6 Å². The van der Waals surface area contributed by atoms with Crippen LogP contribution in [0.1, 0.15) is 19.4 Å². The third kappa shape index (κ3) is 3.60. The third-order valence-corrected chi connectivity index (χ3v) is 7.67. The number of carboxylic acid groups (broad SMARTS) is 1. The van der Waals surface area contributed by atoms with E-state index in [1.807, 2.05) is 24.8 Å². The largest absolute Gasteiger partial charge is 0.465 e. The Morgan fingerprint density at radius 1 is 1.24 bits per heavy atom. The molecule has 1 aromatic heterocycles. The molecule has 0 aliphatic carbocycles. The molecule has 1 atom stereocenters. The van der Waals surface area contributed by atoms with Crippen LogP contribution < -0.4 is 10.6 Å². The van der Waals surface area contributed by atoms with Gasteiger partial charge in [0.25, 0.3) is 0 Å². The molecular weight excluding hydrogens is 462 g/mol. The van der Waals surface area contributed by atoms with Crippen molar-refractivity contribution in [3.63, 3.8) is 0 Å². The minimum absolute atomic E-state index is 0.172. The lowest BCUT2D eigenvalue weighted by Gasteiger charge is -2.40. The number of hydrogen-bond acceptors (Lipinski definition) is 5. The zero-order valence-electron chi connectivity index (χ0n) is 18.8. The summed E-state index contributed by atoms with van der Waals surface area (Å²) in [5.41, 5.74) is 2.20. The number of thioether (sulfide) groups is 1. The van der Waals surface area contributed by atoms with Crippen LogP contribution in [0, 0.1) is 11.6 Å². The van der Waals surface area contributed by atoms with Crippen LogP contribution in [-0.4, -0.2) is 57.1 Å². The first-order valence-corrected chi connectivity index (χ1v) is 12.2. The van der Waals surface area contributed by atoms with E-state index in [1.165, 1.54) is 17.0 Å². The van der Waals surface area contributed by atoms with Gasteiger partial charge in [-0.3, -0.25) is 4.57 Å². The van der Waals surface area contributed by atoms with Crippen LogP contribution in [0.3, 0.4) is 0 Å². The van der Waals surface area contributed by atoms with Crippen molar-refractivity contribution in [2.24, 2.45) is 0 Å². The first-order chi connectivity index (χ1) is 16.3. The summed E-state index contributed by atoms with van der Waals surface area (Å²) in [7, 11) is 0. The van der Waals surface area contributed by atoms with E-state index in [1.54, 1.807) is 16.3 Å². The van der Waals surface area contributed by atoms with Gasteiger partial charge in [0.05, 0.1) is 5.52 Å². The SMILES string of the molecule is CCc1cc2c(N3CCN(C(=O)O)C[C@@H]3C)nc(=O)n3c2c(c1-c1ccc(F)cc1F)SCC3. The van der Waals surface area contributed by atoms with E-state index in [9.17, 15) is 23.5 Å². The molecule has 2 aromatic carbocycles. The third-order valence-electron chi connectivity index (χ3n) is 6.59. The minimum atomic E-state index is -0.966. The second-order valence-electron chi connectivity index (χ2n) is 8.60. The number of anilines is 1. The molecule has 0 bridgehead atoms. The number of aryl methyl sites for hydroxylation is 2. The Hall–Kier alpha value is -3.14. The van der Waals surface area contributed by atoms with Gasteiger partial charge in [-0.2, -0.15) is 4.98 Å². The highest BCUT2D eigenvalue weighted by atomic mass is 32.2. The van der Waals surface area contributed by atoms with E-state index in [4.69, 9.17) is 0 Å². The van der Waals surface area contributed by atoms with Crippen LogP contribution in [0.5, 0.6) is 0 Å². The van der Waals surface area contributed by atoms with E-state index < -0.39 is 17.7 Å². The summed E-state index contributed by atoms with van der Waals surface area (Å²) in [6.45, 7) is 5.41. The molecule has 3 aromatic rings. The lowest BCUT2D eigenvalue weighted by molar-refractivity contribution is 0.136. The molecule has 1 saturated heterocycles. The number of nitrogens with zero attached hydrogens (tertiary/aromatic N) is 4. The molecule has 10 heteroatoms. The molecule has 7 nitrogen and oxygen atoms in total. The van der Waals surface area contributed by atoms with Crippen molar-refractivity contribution in [1.29, 1.82) is 0 Å². The van der Waals surface area contributed by atoms with Crippen LogP contribution in [-0.2, 0) is 13.0 Å². The van der Waals surface area contributed by atoms with Gasteiger partial charge in [-0.25, -0.2) is 18.4 Å². The molecule has 5 rings (SSSR count). The predicted octanol–water partition coefficient (Wildman–Crippen LogP) is 4.20. The fourth-order valence-electron chi connectivity index (χ4n) is 4.96. The number of aromatic nitrogens is 2. The van der Waals surface area contributed by atoms with Crippen molar-refractivity contribution < 1.29 is 18.7 Å². The lowest BCUT2D eigenvalue weighted by Crippen LogP contribution is -2.54. The van der Waals surface area contributed by atoms with Gasteiger partial charge >= 0.3 is 11.8 Å². The first kappa shape index (κ1) is 22.6. The van der Waals surface area contributed by atoms with Crippen molar-refractivity contribution in [3.05, 3.63) is 51.9 Å². The Morgan fingerprint density at radius 2 is 2.03 bits per heavy atom. The quantitative estimate of drug-likeness (QED) is 0.598. The van der Waals surface area contributed by atoms with Crippen molar-refractivity contribution in [2.45, 2.75) is 37.8 Å². The van der Waals surface area contributed by atoms with Gasteiger partial charge in [-0.1, -0.05) is 6.92 Å². The van der Waals surface area contributed by atoms with Gasteiger partial charge in [-0.05, 0) is 37.1 Å². The number of amides is 1. The Morgan fingerprint density at radius 3 is 2.71 bits per heavy atom. The van der Waals surface area contributed by atoms with E-state index >= 15 is 0 Å². The van der Waals surface area contributed by atoms with Crippen LogP contribution in [0.2, 0.25) is 0 Å². The molecule has 1 N–H and O–H groups in total. The fourth-order valence-corrected chi connectivity index (χ4v) is 6.19. The van der Waals surface area contributed by atoms with Crippen LogP contribution in [0.15, 0.2) is 34.0 Å². The molecule has 2 aliphatic heterocycles. The monoisotopic (exact) mass is 486 g/mol. The highest BCUT2D eigenvalue weighted by Crippen LogP contribution is 2.45. The van der Waals surface area contributed by atoms with Crippen LogP contribution in [0.25, 0.3) is 22.0 Å². The summed E-state index contributed by atoms with van der Waals surface area (Å²) < 4.78 is 30.2. The zero-order valence-corrected chi connectivity index (χ0v) is 19.7. The number of benzene rings is 2. The normalized spacial score (nSPS) is 17.9. The van der Waals surface area contributed by atoms with Gasteiger partial charge in [0.15, 0.2) is 0 Å². The van der Waals surface area contributed by atoms with E-state index in [2.05, 4.69) is 4.98 Å². The van der Waals surface area contributed by atoms with Gasteiger partial charge in [0.2, 0.25) is 0 Å². The van der Waals surface area contributed by atoms with E-state index in [-0.39, 0.29) is 11.7 Å². The van der Waals surface area contributed by atoms with Crippen molar-refractivity contribution in [3.8, 4) is 11.1 Å². The molecule has 1 fully saturated rings. The Bertz CT molecular complexity index is 1380. The average Bonchev–Trinajstić information content (AvgIpc) is 2.81. The molecule has 178 valence electrons. The van der Waals surface area contributed by atoms with Gasteiger partial charge < -0.3 is 14.9 Å². The van der Waals surface area contributed by atoms with Crippen LogP contribution >= 0.6 is 11.8 Å². The number of hydrogen-bond donors (Lipinski definition) is 1. The maximum atomic E-state index is 14.9. The van der Waals surface area contributed by atoms with E-state index in [0.717, 1.165) is 21.9 Å². The van der Waals surface area contributed by atoms with Gasteiger partial charge in [0.1, 0.15) is 17.5 Å². The van der Waals surface area contributed by atoms with Gasteiger partial charge in [-0.15, -0.1) is 11.8 Å². The number of carbonyl (C=O) groups is 1. The Labute approximate surface area is 199 Å². The second-order valence-corrected chi connectivity index (χ2v) is 9.71. The smallest absolute Gasteiger partial charge is 0.407 e. The highest BCUT2D eigenvalue weighted by molar-refractivity contribution is 7.99. The highest BCUT2D eigenvalue weighted by Gasteiger charge is 2.31. The van der Waals surface area contributed by atoms with Crippen molar-refractivity contribution in [1.82, 2.24) is 14.5 Å². The number of halogens is 2. The molecule has 0 radical (unpaired) electrons. The molecule has 0 spiro atoms. The summed E-state index contributed by atoms with van der Waals surface area (Å²) in [6, 6.07) is 5.37. The Balaban J connectivity index is 1.77. The second kappa shape index (κ2) is 8.57. The maximum absolute atomic E-state index is 14.9. The average molecular weight is 487 g/mol. The summed E-state index contributed by atoms with van der Waals surface area (Å²) in [5, 5.41) is 10.2. The van der Waals surface area contributed by atoms with Gasteiger partial charge in [0, 0.05) is 65.4 Å². The molecule has 3 heterocycles. The summed E-state index contributed by atoms with van der Waals surface area (Å²) in [5.74, 6) is -0.115. The summed E-state index contributed by atoms with van der Waals surface area (Å²) in [4.78, 5) is 33.1. The molecule has 0 unspecified atom stereocenters. The predicted molar refractivity (Wildman–Crippen MR) is 128 cm³/mol.